The number of carbonyl (C=O) groups is 2. The minimum atomic E-state index is -0.370. The molecule has 5 heteroatoms. The first-order valence-electron chi connectivity index (χ1n) is 5.78. The van der Waals surface area contributed by atoms with Gasteiger partial charge in [0.15, 0.2) is 0 Å². The maximum atomic E-state index is 12.3. The molecule has 1 unspecified atom stereocenters. The highest BCUT2D eigenvalue weighted by Crippen LogP contribution is 2.16. The zero-order valence-corrected chi connectivity index (χ0v) is 10.0. The Morgan fingerprint density at radius 3 is 3.00 bits per heavy atom. The molecule has 0 bridgehead atoms. The van der Waals surface area contributed by atoms with Crippen molar-refractivity contribution in [1.82, 2.24) is 10.2 Å². The van der Waals surface area contributed by atoms with E-state index < -0.39 is 0 Å². The van der Waals surface area contributed by atoms with Crippen LogP contribution in [0.2, 0.25) is 0 Å². The number of hydrogen-bond donors (Lipinski definition) is 1. The number of nitrogens with one attached hydrogen (secondary N) is 1. The smallest absolute Gasteiger partial charge is 0.258 e. The Balaban J connectivity index is 2.24. The second-order valence-corrected chi connectivity index (χ2v) is 4.10. The topological polar surface area (TPSA) is 62.6 Å². The number of aryl methyl sites for hydroxylation is 1. The van der Waals surface area contributed by atoms with E-state index in [2.05, 4.69) is 5.32 Å². The summed E-state index contributed by atoms with van der Waals surface area (Å²) >= 11 is 0. The average molecular weight is 236 g/mol. The van der Waals surface area contributed by atoms with Gasteiger partial charge in [0.05, 0.1) is 11.8 Å². The summed E-state index contributed by atoms with van der Waals surface area (Å²) in [5.41, 5.74) is 0.540. The van der Waals surface area contributed by atoms with Gasteiger partial charge in [-0.1, -0.05) is 6.92 Å². The monoisotopic (exact) mass is 236 g/mol. The summed E-state index contributed by atoms with van der Waals surface area (Å²) in [6.07, 6.45) is 2.11. The second-order valence-electron chi connectivity index (χ2n) is 4.10. The number of hydrogen-bond acceptors (Lipinski definition) is 3. The average Bonchev–Trinajstić information content (AvgIpc) is 2.74. The molecule has 2 rings (SSSR count). The highest BCUT2D eigenvalue weighted by molar-refractivity contribution is 5.98. The van der Waals surface area contributed by atoms with Gasteiger partial charge in [-0.2, -0.15) is 0 Å². The van der Waals surface area contributed by atoms with Crippen LogP contribution in [0.25, 0.3) is 0 Å². The van der Waals surface area contributed by atoms with E-state index in [0.29, 0.717) is 30.8 Å². The SMILES string of the molecule is CCC1C(=O)NCCN1C(=O)c1ccoc1C. The molecule has 17 heavy (non-hydrogen) atoms. The van der Waals surface area contributed by atoms with E-state index in [1.54, 1.807) is 17.9 Å². The van der Waals surface area contributed by atoms with Gasteiger partial charge in [0.2, 0.25) is 5.91 Å². The molecular formula is C12H16N2O3. The van der Waals surface area contributed by atoms with E-state index >= 15 is 0 Å². The third kappa shape index (κ3) is 2.05. The Hall–Kier alpha value is -1.78. The van der Waals surface area contributed by atoms with Gasteiger partial charge in [-0.25, -0.2) is 0 Å². The van der Waals surface area contributed by atoms with Crippen molar-refractivity contribution >= 4 is 11.8 Å². The van der Waals surface area contributed by atoms with Gasteiger partial charge < -0.3 is 14.6 Å². The molecule has 0 aliphatic carbocycles. The summed E-state index contributed by atoms with van der Waals surface area (Å²) in [6.45, 7) is 4.71. The first-order chi connectivity index (χ1) is 8.15. The van der Waals surface area contributed by atoms with Crippen LogP contribution in [-0.4, -0.2) is 35.8 Å². The number of amides is 2. The summed E-state index contributed by atoms with van der Waals surface area (Å²) in [6, 6.07) is 1.28. The molecule has 1 aromatic heterocycles. The van der Waals surface area contributed by atoms with Crippen molar-refractivity contribution in [3.05, 3.63) is 23.7 Å². The van der Waals surface area contributed by atoms with Crippen LogP contribution in [0.15, 0.2) is 16.7 Å². The van der Waals surface area contributed by atoms with Crippen molar-refractivity contribution in [2.75, 3.05) is 13.1 Å². The minimum Gasteiger partial charge on any atom is -0.469 e. The fourth-order valence-corrected chi connectivity index (χ4v) is 2.13. The largest absolute Gasteiger partial charge is 0.469 e. The van der Waals surface area contributed by atoms with Crippen molar-refractivity contribution in [2.45, 2.75) is 26.3 Å². The van der Waals surface area contributed by atoms with E-state index in [1.807, 2.05) is 6.92 Å². The number of piperazine rings is 1. The molecule has 0 saturated carbocycles. The van der Waals surface area contributed by atoms with Gasteiger partial charge in [-0.3, -0.25) is 9.59 Å². The van der Waals surface area contributed by atoms with Crippen LogP contribution in [-0.2, 0) is 4.79 Å². The van der Waals surface area contributed by atoms with E-state index in [9.17, 15) is 9.59 Å². The molecule has 0 aromatic carbocycles. The molecule has 2 heterocycles. The highest BCUT2D eigenvalue weighted by Gasteiger charge is 2.32. The number of rotatable bonds is 2. The standard InChI is InChI=1S/C12H16N2O3/c1-3-10-11(15)13-5-6-14(10)12(16)9-4-7-17-8(9)2/h4,7,10H,3,5-6H2,1-2H3,(H,13,15). The summed E-state index contributed by atoms with van der Waals surface area (Å²) in [5, 5.41) is 2.77. The normalized spacial score (nSPS) is 20.2. The van der Waals surface area contributed by atoms with Crippen LogP contribution in [0.4, 0.5) is 0 Å². The fourth-order valence-electron chi connectivity index (χ4n) is 2.13. The zero-order chi connectivity index (χ0) is 12.4. The first-order valence-corrected chi connectivity index (χ1v) is 5.78. The van der Waals surface area contributed by atoms with Crippen molar-refractivity contribution in [3.8, 4) is 0 Å². The molecule has 1 N–H and O–H groups in total. The molecule has 0 spiro atoms. The van der Waals surface area contributed by atoms with Gasteiger partial charge in [0.1, 0.15) is 11.8 Å². The van der Waals surface area contributed by atoms with Gasteiger partial charge in [0.25, 0.3) is 5.91 Å². The predicted molar refractivity (Wildman–Crippen MR) is 61.6 cm³/mol. The van der Waals surface area contributed by atoms with E-state index in [-0.39, 0.29) is 17.9 Å². The molecule has 5 nitrogen and oxygen atoms in total. The van der Waals surface area contributed by atoms with Crippen LogP contribution in [0, 0.1) is 6.92 Å². The lowest BCUT2D eigenvalue weighted by Gasteiger charge is -2.34. The number of furan rings is 1. The van der Waals surface area contributed by atoms with Crippen molar-refractivity contribution in [3.63, 3.8) is 0 Å². The van der Waals surface area contributed by atoms with Gasteiger partial charge in [0, 0.05) is 13.1 Å². The van der Waals surface area contributed by atoms with E-state index in [4.69, 9.17) is 4.42 Å². The molecule has 1 saturated heterocycles. The molecule has 2 amide bonds. The Bertz CT molecular complexity index is 439. The lowest BCUT2D eigenvalue weighted by Crippen LogP contribution is -2.56. The fraction of sp³-hybridized carbons (Fsp3) is 0.500. The Labute approximate surface area is 99.8 Å². The molecule has 1 fully saturated rings. The first kappa shape index (κ1) is 11.7. The maximum Gasteiger partial charge on any atom is 0.258 e. The summed E-state index contributed by atoms with van der Waals surface area (Å²) in [7, 11) is 0. The van der Waals surface area contributed by atoms with Crippen molar-refractivity contribution < 1.29 is 14.0 Å². The van der Waals surface area contributed by atoms with Crippen LogP contribution >= 0.6 is 0 Å². The molecule has 1 aromatic rings. The highest BCUT2D eigenvalue weighted by atomic mass is 16.3. The lowest BCUT2D eigenvalue weighted by molar-refractivity contribution is -0.127. The maximum absolute atomic E-state index is 12.3. The minimum absolute atomic E-state index is 0.0757. The molecule has 1 aliphatic heterocycles. The Morgan fingerprint density at radius 1 is 1.65 bits per heavy atom. The molecular weight excluding hydrogens is 220 g/mol. The third-order valence-electron chi connectivity index (χ3n) is 3.07. The quantitative estimate of drug-likeness (QED) is 0.831. The predicted octanol–water partition coefficient (Wildman–Crippen LogP) is 0.939. The zero-order valence-electron chi connectivity index (χ0n) is 10.0. The molecule has 1 atom stereocenters. The van der Waals surface area contributed by atoms with E-state index in [0.717, 1.165) is 0 Å². The lowest BCUT2D eigenvalue weighted by atomic mass is 10.1. The number of nitrogens with zero attached hydrogens (tertiary/aromatic N) is 1. The Morgan fingerprint density at radius 2 is 2.41 bits per heavy atom. The summed E-state index contributed by atoms with van der Waals surface area (Å²) in [4.78, 5) is 25.6. The molecule has 1 aliphatic rings. The van der Waals surface area contributed by atoms with E-state index in [1.165, 1.54) is 6.26 Å². The third-order valence-corrected chi connectivity index (χ3v) is 3.07. The van der Waals surface area contributed by atoms with Crippen molar-refractivity contribution in [2.24, 2.45) is 0 Å². The molecule has 0 radical (unpaired) electrons. The van der Waals surface area contributed by atoms with Crippen molar-refractivity contribution in [1.29, 1.82) is 0 Å². The van der Waals surface area contributed by atoms with Crippen LogP contribution in [0.3, 0.4) is 0 Å². The van der Waals surface area contributed by atoms with Crippen LogP contribution in [0.1, 0.15) is 29.5 Å². The van der Waals surface area contributed by atoms with Crippen LogP contribution < -0.4 is 5.32 Å². The summed E-state index contributed by atoms with van der Waals surface area (Å²) in [5.74, 6) is 0.391. The Kier molecular flexibility index (Phi) is 3.17. The van der Waals surface area contributed by atoms with Gasteiger partial charge >= 0.3 is 0 Å². The van der Waals surface area contributed by atoms with Gasteiger partial charge in [-0.05, 0) is 19.4 Å². The summed E-state index contributed by atoms with van der Waals surface area (Å²) < 4.78 is 5.12. The number of carbonyl (C=O) groups excluding carboxylic acids is 2. The van der Waals surface area contributed by atoms with Crippen LogP contribution in [0.5, 0.6) is 0 Å². The van der Waals surface area contributed by atoms with Gasteiger partial charge in [-0.15, -0.1) is 0 Å². The second kappa shape index (κ2) is 4.61. The molecule has 92 valence electrons.